The van der Waals surface area contributed by atoms with Gasteiger partial charge in [0.15, 0.2) is 5.96 Å². The average molecular weight is 336 g/mol. The number of nitrogens with one attached hydrogen (secondary N) is 1. The Morgan fingerprint density at radius 3 is 3.18 bits per heavy atom. The van der Waals surface area contributed by atoms with Gasteiger partial charge in [-0.2, -0.15) is 0 Å². The SMILES string of the molecule is NC(=NCc1cc(Cl)cc2c1OCC2)NCCc1cccs1. The summed E-state index contributed by atoms with van der Waals surface area (Å²) < 4.78 is 5.66. The van der Waals surface area contributed by atoms with Gasteiger partial charge in [0.25, 0.3) is 0 Å². The summed E-state index contributed by atoms with van der Waals surface area (Å²) >= 11 is 7.88. The quantitative estimate of drug-likeness (QED) is 0.652. The zero-order valence-electron chi connectivity index (χ0n) is 12.1. The minimum absolute atomic E-state index is 0.447. The highest BCUT2D eigenvalue weighted by atomic mass is 35.5. The van der Waals surface area contributed by atoms with Gasteiger partial charge in [0, 0.05) is 28.4 Å². The van der Waals surface area contributed by atoms with E-state index in [0.717, 1.165) is 41.3 Å². The maximum Gasteiger partial charge on any atom is 0.188 e. The number of ether oxygens (including phenoxy) is 1. The molecule has 1 aliphatic rings. The molecule has 1 aromatic carbocycles. The molecule has 0 atom stereocenters. The zero-order chi connectivity index (χ0) is 15.4. The summed E-state index contributed by atoms with van der Waals surface area (Å²) in [7, 11) is 0. The lowest BCUT2D eigenvalue weighted by atomic mass is 10.1. The van der Waals surface area contributed by atoms with Crippen molar-refractivity contribution in [1.82, 2.24) is 5.32 Å². The van der Waals surface area contributed by atoms with Gasteiger partial charge in [-0.15, -0.1) is 11.3 Å². The smallest absolute Gasteiger partial charge is 0.188 e. The van der Waals surface area contributed by atoms with Gasteiger partial charge in [-0.25, -0.2) is 4.99 Å². The molecule has 2 heterocycles. The Morgan fingerprint density at radius 2 is 2.36 bits per heavy atom. The van der Waals surface area contributed by atoms with Gasteiger partial charge in [0.05, 0.1) is 13.2 Å². The summed E-state index contributed by atoms with van der Waals surface area (Å²) in [5.74, 6) is 1.36. The van der Waals surface area contributed by atoms with Crippen LogP contribution in [0.3, 0.4) is 0 Å². The monoisotopic (exact) mass is 335 g/mol. The molecule has 0 saturated heterocycles. The van der Waals surface area contributed by atoms with Crippen LogP contribution >= 0.6 is 22.9 Å². The lowest BCUT2D eigenvalue weighted by Gasteiger charge is -2.08. The van der Waals surface area contributed by atoms with Gasteiger partial charge in [-0.05, 0) is 35.6 Å². The second kappa shape index (κ2) is 7.03. The van der Waals surface area contributed by atoms with Gasteiger partial charge < -0.3 is 15.8 Å². The fourth-order valence-corrected chi connectivity index (χ4v) is 3.43. The van der Waals surface area contributed by atoms with E-state index in [0.29, 0.717) is 19.1 Å². The highest BCUT2D eigenvalue weighted by Crippen LogP contribution is 2.33. The summed E-state index contributed by atoms with van der Waals surface area (Å²) in [6, 6.07) is 8.03. The van der Waals surface area contributed by atoms with E-state index in [-0.39, 0.29) is 0 Å². The molecule has 0 radical (unpaired) electrons. The number of fused-ring (bicyclic) bond motifs is 1. The van der Waals surface area contributed by atoms with Gasteiger partial charge in [-0.3, -0.25) is 0 Å². The standard InChI is InChI=1S/C16H18ClN3OS/c17-13-8-11-4-6-21-15(11)12(9-13)10-20-16(18)19-5-3-14-2-1-7-22-14/h1-2,7-9H,3-6,10H2,(H3,18,19,20). The van der Waals surface area contributed by atoms with E-state index in [4.69, 9.17) is 22.1 Å². The van der Waals surface area contributed by atoms with Crippen LogP contribution in [0.1, 0.15) is 16.0 Å². The van der Waals surface area contributed by atoms with Crippen LogP contribution in [0, 0.1) is 0 Å². The number of hydrogen-bond donors (Lipinski definition) is 2. The molecular weight excluding hydrogens is 318 g/mol. The largest absolute Gasteiger partial charge is 0.493 e. The van der Waals surface area contributed by atoms with E-state index in [9.17, 15) is 0 Å². The first-order valence-corrected chi connectivity index (χ1v) is 8.48. The van der Waals surface area contributed by atoms with Crippen LogP contribution in [-0.4, -0.2) is 19.1 Å². The number of rotatable bonds is 5. The average Bonchev–Trinajstić information content (AvgIpc) is 3.15. The first-order valence-electron chi connectivity index (χ1n) is 7.22. The minimum Gasteiger partial charge on any atom is -0.493 e. The highest BCUT2D eigenvalue weighted by Gasteiger charge is 2.17. The van der Waals surface area contributed by atoms with Crippen LogP contribution < -0.4 is 15.8 Å². The van der Waals surface area contributed by atoms with Gasteiger partial charge >= 0.3 is 0 Å². The predicted molar refractivity (Wildman–Crippen MR) is 92.0 cm³/mol. The lowest BCUT2D eigenvalue weighted by molar-refractivity contribution is 0.353. The molecule has 22 heavy (non-hydrogen) atoms. The maximum atomic E-state index is 6.13. The van der Waals surface area contributed by atoms with Crippen LogP contribution in [0.5, 0.6) is 5.75 Å². The second-order valence-electron chi connectivity index (χ2n) is 5.11. The minimum atomic E-state index is 0.447. The van der Waals surface area contributed by atoms with Crippen molar-refractivity contribution in [1.29, 1.82) is 0 Å². The zero-order valence-corrected chi connectivity index (χ0v) is 13.7. The molecule has 6 heteroatoms. The van der Waals surface area contributed by atoms with Crippen molar-refractivity contribution in [3.63, 3.8) is 0 Å². The number of nitrogens with two attached hydrogens (primary N) is 1. The molecule has 1 aromatic heterocycles. The van der Waals surface area contributed by atoms with Crippen molar-refractivity contribution in [2.45, 2.75) is 19.4 Å². The van der Waals surface area contributed by atoms with Crippen LogP contribution in [0.4, 0.5) is 0 Å². The first-order chi connectivity index (χ1) is 10.7. The maximum absolute atomic E-state index is 6.13. The van der Waals surface area contributed by atoms with Crippen molar-refractivity contribution in [3.05, 3.63) is 50.7 Å². The van der Waals surface area contributed by atoms with E-state index in [1.54, 1.807) is 11.3 Å². The van der Waals surface area contributed by atoms with Crippen LogP contribution in [0.15, 0.2) is 34.6 Å². The Balaban J connectivity index is 1.57. The third-order valence-electron chi connectivity index (χ3n) is 3.50. The van der Waals surface area contributed by atoms with Crippen molar-refractivity contribution < 1.29 is 4.74 Å². The van der Waals surface area contributed by atoms with Crippen molar-refractivity contribution in [3.8, 4) is 5.75 Å². The second-order valence-corrected chi connectivity index (χ2v) is 6.58. The van der Waals surface area contributed by atoms with Crippen LogP contribution in [0.2, 0.25) is 5.02 Å². The van der Waals surface area contributed by atoms with Gasteiger partial charge in [0.1, 0.15) is 5.75 Å². The summed E-state index contributed by atoms with van der Waals surface area (Å²) in [6.07, 6.45) is 1.85. The summed E-state index contributed by atoms with van der Waals surface area (Å²) in [4.78, 5) is 5.71. The topological polar surface area (TPSA) is 59.6 Å². The normalized spacial score (nSPS) is 13.8. The molecule has 0 spiro atoms. The van der Waals surface area contributed by atoms with Gasteiger partial charge in [0.2, 0.25) is 0 Å². The molecule has 0 aliphatic carbocycles. The number of aliphatic imine (C=N–C) groups is 1. The third-order valence-corrected chi connectivity index (χ3v) is 4.66. The molecule has 3 N–H and O–H groups in total. The highest BCUT2D eigenvalue weighted by molar-refractivity contribution is 7.09. The van der Waals surface area contributed by atoms with Crippen molar-refractivity contribution in [2.75, 3.05) is 13.2 Å². The number of halogens is 1. The fourth-order valence-electron chi connectivity index (χ4n) is 2.46. The third kappa shape index (κ3) is 3.72. The number of guanidine groups is 1. The van der Waals surface area contributed by atoms with Crippen molar-refractivity contribution in [2.24, 2.45) is 10.7 Å². The molecule has 0 amide bonds. The molecule has 116 valence electrons. The Morgan fingerprint density at radius 1 is 1.45 bits per heavy atom. The fraction of sp³-hybridized carbons (Fsp3) is 0.312. The van der Waals surface area contributed by atoms with E-state index in [1.807, 2.05) is 12.1 Å². The van der Waals surface area contributed by atoms with Gasteiger partial charge in [-0.1, -0.05) is 17.7 Å². The Labute approximate surface area is 139 Å². The van der Waals surface area contributed by atoms with E-state index >= 15 is 0 Å². The Bertz CT molecular complexity index is 670. The predicted octanol–water partition coefficient (Wildman–Crippen LogP) is 2.98. The molecule has 2 aromatic rings. The number of hydrogen-bond acceptors (Lipinski definition) is 3. The molecule has 4 nitrogen and oxygen atoms in total. The molecule has 0 bridgehead atoms. The first kappa shape index (κ1) is 15.2. The molecule has 0 saturated carbocycles. The van der Waals surface area contributed by atoms with Crippen LogP contribution in [0.25, 0.3) is 0 Å². The number of nitrogens with zero attached hydrogens (tertiary/aromatic N) is 1. The summed E-state index contributed by atoms with van der Waals surface area (Å²) in [6.45, 7) is 1.96. The Hall–Kier alpha value is -1.72. The Kier molecular flexibility index (Phi) is 4.85. The van der Waals surface area contributed by atoms with E-state index in [1.165, 1.54) is 4.88 Å². The number of thiophene rings is 1. The van der Waals surface area contributed by atoms with E-state index in [2.05, 4.69) is 27.8 Å². The summed E-state index contributed by atoms with van der Waals surface area (Å²) in [5, 5.41) is 5.93. The molecule has 1 aliphatic heterocycles. The summed E-state index contributed by atoms with van der Waals surface area (Å²) in [5.41, 5.74) is 8.06. The molecule has 0 unspecified atom stereocenters. The van der Waals surface area contributed by atoms with Crippen molar-refractivity contribution >= 4 is 28.9 Å². The molecule has 0 fully saturated rings. The number of benzene rings is 1. The molecule has 3 rings (SSSR count). The molecular formula is C16H18ClN3OS. The van der Waals surface area contributed by atoms with E-state index < -0.39 is 0 Å². The lowest BCUT2D eigenvalue weighted by Crippen LogP contribution is -2.33. The van der Waals surface area contributed by atoms with Crippen LogP contribution in [-0.2, 0) is 19.4 Å².